The predicted molar refractivity (Wildman–Crippen MR) is 178 cm³/mol. The molecule has 14 unspecified atom stereocenters. The molecule has 2 saturated heterocycles. The SMILES string of the molecule is CC(C)=CCC/C(C)=C/CC/C(C)=C/C=NCC1OC(OC2C(N)CC(N)C(OC3OC(CO)C(O)C(N)C3O)C2O)C(N)CC1O. The summed E-state index contributed by atoms with van der Waals surface area (Å²) in [4.78, 5) is 4.44. The van der Waals surface area contributed by atoms with Gasteiger partial charge in [-0.1, -0.05) is 28.9 Å². The third-order valence-electron chi connectivity index (χ3n) is 9.06. The largest absolute Gasteiger partial charge is 0.394 e. The number of allylic oxidation sites excluding steroid dienone is 6. The lowest BCUT2D eigenvalue weighted by molar-refractivity contribution is -0.314. The lowest BCUT2D eigenvalue weighted by Crippen LogP contribution is -2.68. The van der Waals surface area contributed by atoms with Crippen molar-refractivity contribution in [3.63, 3.8) is 0 Å². The van der Waals surface area contributed by atoms with Crippen molar-refractivity contribution in [2.24, 2.45) is 27.9 Å². The number of nitrogens with zero attached hydrogens (tertiary/aromatic N) is 1. The standard InChI is InChI=1S/C33H59N5O9/c1-17(2)7-5-8-18(3)9-6-10-19(4)11-12-38-15-24-23(40)14-22(36)32(44-24)46-30-20(34)13-21(35)31(29(30)43)47-33-28(42)26(37)27(41)25(16-39)45-33/h7,9,11-12,20-33,39-43H,5-6,8,10,13-16,34-37H2,1-4H3/b18-9+,19-11+,38-12?. The Balaban J connectivity index is 1.55. The topological polar surface area (TPSA) is 255 Å². The maximum Gasteiger partial charge on any atom is 0.186 e. The maximum atomic E-state index is 11.3. The Hall–Kier alpha value is -1.63. The highest BCUT2D eigenvalue weighted by Crippen LogP contribution is 2.31. The summed E-state index contributed by atoms with van der Waals surface area (Å²) in [5, 5.41) is 52.1. The summed E-state index contributed by atoms with van der Waals surface area (Å²) in [6, 6.07) is -3.35. The molecular formula is C33H59N5O9. The second-order valence-corrected chi connectivity index (χ2v) is 13.5. The number of rotatable bonds is 14. The fourth-order valence-corrected chi connectivity index (χ4v) is 6.04. The molecule has 14 heteroatoms. The van der Waals surface area contributed by atoms with Gasteiger partial charge in [0, 0.05) is 18.3 Å². The molecule has 0 spiro atoms. The van der Waals surface area contributed by atoms with E-state index in [9.17, 15) is 25.5 Å². The molecular weight excluding hydrogens is 610 g/mol. The van der Waals surface area contributed by atoms with Crippen LogP contribution in [0.1, 0.15) is 66.2 Å². The van der Waals surface area contributed by atoms with E-state index >= 15 is 0 Å². The van der Waals surface area contributed by atoms with Crippen LogP contribution in [0.5, 0.6) is 0 Å². The van der Waals surface area contributed by atoms with Crippen LogP contribution >= 0.6 is 0 Å². The van der Waals surface area contributed by atoms with Crippen LogP contribution in [0.15, 0.2) is 39.9 Å². The molecule has 3 rings (SSSR count). The Kier molecular flexibility index (Phi) is 16.0. The summed E-state index contributed by atoms with van der Waals surface area (Å²) >= 11 is 0. The van der Waals surface area contributed by atoms with Crippen molar-refractivity contribution < 1.29 is 44.5 Å². The van der Waals surface area contributed by atoms with Crippen molar-refractivity contribution in [1.82, 2.24) is 0 Å². The molecule has 0 aromatic rings. The Morgan fingerprint density at radius 2 is 1.34 bits per heavy atom. The molecule has 0 radical (unpaired) electrons. The van der Waals surface area contributed by atoms with E-state index in [2.05, 4.69) is 44.8 Å². The van der Waals surface area contributed by atoms with Gasteiger partial charge < -0.3 is 67.4 Å². The molecule has 2 heterocycles. The highest BCUT2D eigenvalue weighted by atomic mass is 16.7. The second kappa shape index (κ2) is 18.9. The summed E-state index contributed by atoms with van der Waals surface area (Å²) in [6.45, 7) is 8.05. The zero-order chi connectivity index (χ0) is 34.8. The molecule has 14 atom stereocenters. The number of nitrogens with two attached hydrogens (primary N) is 4. The van der Waals surface area contributed by atoms with Crippen molar-refractivity contribution in [2.45, 2.75) is 152 Å². The minimum absolute atomic E-state index is 0.172. The quantitative estimate of drug-likeness (QED) is 0.0815. The molecule has 13 N–H and O–H groups in total. The highest BCUT2D eigenvalue weighted by molar-refractivity contribution is 5.72. The first-order valence-corrected chi connectivity index (χ1v) is 16.6. The molecule has 3 fully saturated rings. The summed E-state index contributed by atoms with van der Waals surface area (Å²) < 4.78 is 23.5. The fourth-order valence-electron chi connectivity index (χ4n) is 6.04. The molecule has 0 bridgehead atoms. The van der Waals surface area contributed by atoms with Crippen molar-refractivity contribution in [3.8, 4) is 0 Å². The van der Waals surface area contributed by atoms with Crippen LogP contribution in [0.2, 0.25) is 0 Å². The summed E-state index contributed by atoms with van der Waals surface area (Å²) in [5.41, 5.74) is 28.7. The van der Waals surface area contributed by atoms with Crippen LogP contribution in [0, 0.1) is 0 Å². The fraction of sp³-hybridized carbons (Fsp3) is 0.788. The van der Waals surface area contributed by atoms with Gasteiger partial charge in [0.15, 0.2) is 12.6 Å². The van der Waals surface area contributed by atoms with Crippen molar-refractivity contribution in [2.75, 3.05) is 13.2 Å². The lowest BCUT2D eigenvalue weighted by Gasteiger charge is -2.47. The van der Waals surface area contributed by atoms with E-state index in [0.29, 0.717) is 0 Å². The first kappa shape index (κ1) is 39.8. The molecule has 1 aliphatic carbocycles. The zero-order valence-electron chi connectivity index (χ0n) is 28.2. The maximum absolute atomic E-state index is 11.3. The molecule has 270 valence electrons. The average Bonchev–Trinajstić information content (AvgIpc) is 3.00. The summed E-state index contributed by atoms with van der Waals surface area (Å²) in [7, 11) is 0. The molecule has 3 aliphatic rings. The van der Waals surface area contributed by atoms with Gasteiger partial charge in [0.2, 0.25) is 0 Å². The second-order valence-electron chi connectivity index (χ2n) is 13.5. The summed E-state index contributed by atoms with van der Waals surface area (Å²) in [5.74, 6) is 0. The smallest absolute Gasteiger partial charge is 0.186 e. The van der Waals surface area contributed by atoms with Crippen LogP contribution in [0.4, 0.5) is 0 Å². The van der Waals surface area contributed by atoms with E-state index in [0.717, 1.165) is 25.7 Å². The van der Waals surface area contributed by atoms with E-state index < -0.39 is 92.2 Å². The van der Waals surface area contributed by atoms with Crippen LogP contribution < -0.4 is 22.9 Å². The Bertz CT molecular complexity index is 1080. The molecule has 47 heavy (non-hydrogen) atoms. The Morgan fingerprint density at radius 1 is 0.745 bits per heavy atom. The number of aliphatic imine (C=N–C) groups is 1. The predicted octanol–water partition coefficient (Wildman–Crippen LogP) is -0.764. The third kappa shape index (κ3) is 11.5. The van der Waals surface area contributed by atoms with E-state index in [4.69, 9.17) is 41.9 Å². The first-order chi connectivity index (χ1) is 22.2. The zero-order valence-corrected chi connectivity index (χ0v) is 28.2. The number of ether oxygens (including phenoxy) is 4. The number of aliphatic hydroxyl groups excluding tert-OH is 5. The van der Waals surface area contributed by atoms with Crippen LogP contribution in [0.25, 0.3) is 0 Å². The van der Waals surface area contributed by atoms with E-state index in [-0.39, 0.29) is 19.4 Å². The molecule has 0 amide bonds. The minimum Gasteiger partial charge on any atom is -0.394 e. The monoisotopic (exact) mass is 669 g/mol. The van der Waals surface area contributed by atoms with Crippen LogP contribution in [0.3, 0.4) is 0 Å². The van der Waals surface area contributed by atoms with Crippen molar-refractivity contribution in [1.29, 1.82) is 0 Å². The van der Waals surface area contributed by atoms with Gasteiger partial charge in [0.1, 0.15) is 42.7 Å². The van der Waals surface area contributed by atoms with Gasteiger partial charge in [-0.2, -0.15) is 0 Å². The Labute approximate surface area is 278 Å². The molecule has 0 aromatic carbocycles. The van der Waals surface area contributed by atoms with Gasteiger partial charge in [-0.15, -0.1) is 0 Å². The van der Waals surface area contributed by atoms with Gasteiger partial charge in [-0.3, -0.25) is 4.99 Å². The third-order valence-corrected chi connectivity index (χ3v) is 9.06. The van der Waals surface area contributed by atoms with E-state index in [1.54, 1.807) is 6.21 Å². The van der Waals surface area contributed by atoms with E-state index in [1.165, 1.54) is 16.7 Å². The van der Waals surface area contributed by atoms with Gasteiger partial charge in [0.05, 0.1) is 31.3 Å². The molecule has 1 saturated carbocycles. The van der Waals surface area contributed by atoms with Gasteiger partial charge in [0.25, 0.3) is 0 Å². The van der Waals surface area contributed by atoms with Crippen molar-refractivity contribution >= 4 is 6.21 Å². The average molecular weight is 670 g/mol. The molecule has 2 aliphatic heterocycles. The van der Waals surface area contributed by atoms with Crippen molar-refractivity contribution in [3.05, 3.63) is 34.9 Å². The highest BCUT2D eigenvalue weighted by Gasteiger charge is 2.50. The number of hydrogen-bond donors (Lipinski definition) is 9. The van der Waals surface area contributed by atoms with E-state index in [1.807, 2.05) is 6.08 Å². The molecule has 14 nitrogen and oxygen atoms in total. The Morgan fingerprint density at radius 3 is 1.98 bits per heavy atom. The number of hydrogen-bond acceptors (Lipinski definition) is 14. The minimum atomic E-state index is -1.46. The van der Waals surface area contributed by atoms with Crippen LogP contribution in [-0.4, -0.2) is 130 Å². The normalized spacial score (nSPS) is 40.5. The van der Waals surface area contributed by atoms with Gasteiger partial charge >= 0.3 is 0 Å². The molecule has 0 aromatic heterocycles. The van der Waals surface area contributed by atoms with Gasteiger partial charge in [-0.05, 0) is 72.3 Å². The number of aliphatic hydroxyl groups is 5. The van der Waals surface area contributed by atoms with Crippen LogP contribution in [-0.2, 0) is 18.9 Å². The first-order valence-electron chi connectivity index (χ1n) is 16.6. The summed E-state index contributed by atoms with van der Waals surface area (Å²) in [6.07, 6.45) is 1.19. The van der Waals surface area contributed by atoms with Gasteiger partial charge in [-0.25, -0.2) is 0 Å². The lowest BCUT2D eigenvalue weighted by atomic mass is 9.84.